The van der Waals surface area contributed by atoms with Gasteiger partial charge in [0, 0.05) is 25.2 Å². The maximum Gasteiger partial charge on any atom is 0.303 e. The zero-order valence-electron chi connectivity index (χ0n) is 22.0. The zero-order chi connectivity index (χ0) is 26.6. The highest BCUT2D eigenvalue weighted by molar-refractivity contribution is 5.97. The van der Waals surface area contributed by atoms with E-state index in [4.69, 9.17) is 9.47 Å². The van der Waals surface area contributed by atoms with E-state index in [1.165, 1.54) is 0 Å². The molecule has 6 heteroatoms. The number of aryl methyl sites for hydroxylation is 5. The summed E-state index contributed by atoms with van der Waals surface area (Å²) in [6, 6.07) is 17.6. The molecule has 0 aromatic heterocycles. The molecule has 6 nitrogen and oxygen atoms in total. The quantitative estimate of drug-likeness (QED) is 0.386. The van der Waals surface area contributed by atoms with Gasteiger partial charge >= 0.3 is 5.97 Å². The van der Waals surface area contributed by atoms with Crippen LogP contribution in [0.15, 0.2) is 54.6 Å². The summed E-state index contributed by atoms with van der Waals surface area (Å²) in [7, 11) is 0. The standard InChI is InChI=1S/C31H35NO5/c1-20-13-21(2)16-25(15-20)31(9-11-36-12-10-31)32-30(35)28-19-26(7-5-24(28)6-8-29(33)34)37-27-17-22(3)14-23(4)18-27/h5,7,13-19H,6,8-12H2,1-4H3,(H,32,35)(H,33,34). The molecule has 1 amide bonds. The molecule has 0 spiro atoms. The number of ether oxygens (including phenoxy) is 2. The van der Waals surface area contributed by atoms with Crippen molar-refractivity contribution in [2.24, 2.45) is 0 Å². The number of amides is 1. The van der Waals surface area contributed by atoms with Gasteiger partial charge in [-0.3, -0.25) is 9.59 Å². The van der Waals surface area contributed by atoms with Gasteiger partial charge in [0.25, 0.3) is 5.91 Å². The van der Waals surface area contributed by atoms with E-state index < -0.39 is 11.5 Å². The Morgan fingerprint density at radius 2 is 1.46 bits per heavy atom. The van der Waals surface area contributed by atoms with Gasteiger partial charge in [-0.1, -0.05) is 41.5 Å². The first-order chi connectivity index (χ1) is 17.6. The summed E-state index contributed by atoms with van der Waals surface area (Å²) in [5, 5.41) is 12.6. The molecule has 194 valence electrons. The fourth-order valence-electron chi connectivity index (χ4n) is 5.16. The first kappa shape index (κ1) is 26.4. The van der Waals surface area contributed by atoms with Gasteiger partial charge < -0.3 is 19.9 Å². The van der Waals surface area contributed by atoms with E-state index in [1.54, 1.807) is 18.2 Å². The molecular weight excluding hydrogens is 466 g/mol. The van der Waals surface area contributed by atoms with Crippen molar-refractivity contribution in [3.8, 4) is 11.5 Å². The van der Waals surface area contributed by atoms with Crippen molar-refractivity contribution < 1.29 is 24.2 Å². The van der Waals surface area contributed by atoms with Crippen LogP contribution in [0.25, 0.3) is 0 Å². The minimum absolute atomic E-state index is 0.0619. The lowest BCUT2D eigenvalue weighted by Crippen LogP contribution is -2.49. The number of hydrogen-bond acceptors (Lipinski definition) is 4. The van der Waals surface area contributed by atoms with Crippen molar-refractivity contribution in [3.63, 3.8) is 0 Å². The topological polar surface area (TPSA) is 84.9 Å². The van der Waals surface area contributed by atoms with Crippen LogP contribution in [0.3, 0.4) is 0 Å². The number of rotatable bonds is 8. The van der Waals surface area contributed by atoms with Crippen molar-refractivity contribution in [2.45, 2.75) is 58.9 Å². The maximum atomic E-state index is 13.9. The molecule has 4 rings (SSSR count). The monoisotopic (exact) mass is 501 g/mol. The molecule has 0 atom stereocenters. The van der Waals surface area contributed by atoms with Gasteiger partial charge in [0.2, 0.25) is 0 Å². The highest BCUT2D eigenvalue weighted by Crippen LogP contribution is 2.35. The van der Waals surface area contributed by atoms with Crippen molar-refractivity contribution in [2.75, 3.05) is 13.2 Å². The molecule has 3 aromatic carbocycles. The van der Waals surface area contributed by atoms with Gasteiger partial charge in [-0.05, 0) is 93.5 Å². The van der Waals surface area contributed by atoms with Crippen molar-refractivity contribution in [1.82, 2.24) is 5.32 Å². The smallest absolute Gasteiger partial charge is 0.303 e. The third kappa shape index (κ3) is 6.57. The number of carboxylic acid groups (broad SMARTS) is 1. The molecule has 1 aliphatic rings. The Bertz CT molecular complexity index is 1270. The van der Waals surface area contributed by atoms with E-state index in [2.05, 4.69) is 43.4 Å². The third-order valence-electron chi connectivity index (χ3n) is 6.84. The fraction of sp³-hybridized carbons (Fsp3) is 0.355. The van der Waals surface area contributed by atoms with Crippen LogP contribution in [0.1, 0.15) is 63.0 Å². The summed E-state index contributed by atoms with van der Waals surface area (Å²) in [5.74, 6) is 0.0744. The maximum absolute atomic E-state index is 13.9. The Morgan fingerprint density at radius 3 is 2.05 bits per heavy atom. The third-order valence-corrected chi connectivity index (χ3v) is 6.84. The van der Waals surface area contributed by atoms with E-state index in [0.29, 0.717) is 48.7 Å². The molecule has 1 saturated heterocycles. The predicted molar refractivity (Wildman–Crippen MR) is 144 cm³/mol. The van der Waals surface area contributed by atoms with E-state index in [0.717, 1.165) is 27.8 Å². The number of benzene rings is 3. The number of hydrogen-bond donors (Lipinski definition) is 2. The van der Waals surface area contributed by atoms with Crippen LogP contribution in [0, 0.1) is 27.7 Å². The number of aliphatic carboxylic acids is 1. The number of carboxylic acids is 1. The molecule has 2 N–H and O–H groups in total. The fourth-order valence-corrected chi connectivity index (χ4v) is 5.16. The van der Waals surface area contributed by atoms with E-state index in [1.807, 2.05) is 26.0 Å². The second-order valence-electron chi connectivity index (χ2n) is 10.2. The molecule has 3 aromatic rings. The second kappa shape index (κ2) is 11.2. The first-order valence-electron chi connectivity index (χ1n) is 12.7. The molecule has 0 aliphatic carbocycles. The molecule has 0 bridgehead atoms. The minimum Gasteiger partial charge on any atom is -0.481 e. The Labute approximate surface area is 218 Å². The minimum atomic E-state index is -0.905. The summed E-state index contributed by atoms with van der Waals surface area (Å²) in [6.07, 6.45) is 1.50. The molecule has 0 unspecified atom stereocenters. The van der Waals surface area contributed by atoms with Crippen molar-refractivity contribution in [3.05, 3.63) is 93.5 Å². The summed E-state index contributed by atoms with van der Waals surface area (Å²) in [4.78, 5) is 25.2. The van der Waals surface area contributed by atoms with Crippen LogP contribution in [0.4, 0.5) is 0 Å². The lowest BCUT2D eigenvalue weighted by Gasteiger charge is -2.39. The summed E-state index contributed by atoms with van der Waals surface area (Å²) >= 11 is 0. The van der Waals surface area contributed by atoms with Gasteiger partial charge in [0.1, 0.15) is 11.5 Å². The average molecular weight is 502 g/mol. The van der Waals surface area contributed by atoms with E-state index >= 15 is 0 Å². The lowest BCUT2D eigenvalue weighted by atomic mass is 9.81. The van der Waals surface area contributed by atoms with Gasteiger partial charge in [-0.25, -0.2) is 0 Å². The van der Waals surface area contributed by atoms with Crippen LogP contribution in [-0.4, -0.2) is 30.2 Å². The number of carbonyl (C=O) groups is 2. The Morgan fingerprint density at radius 1 is 0.865 bits per heavy atom. The van der Waals surface area contributed by atoms with E-state index in [9.17, 15) is 14.7 Å². The van der Waals surface area contributed by atoms with Gasteiger partial charge in [0.15, 0.2) is 0 Å². The molecular formula is C31H35NO5. The van der Waals surface area contributed by atoms with Crippen LogP contribution in [0.2, 0.25) is 0 Å². The summed E-state index contributed by atoms with van der Waals surface area (Å²) in [6.45, 7) is 9.23. The molecule has 1 fully saturated rings. The first-order valence-corrected chi connectivity index (χ1v) is 12.7. The second-order valence-corrected chi connectivity index (χ2v) is 10.2. The Balaban J connectivity index is 1.70. The zero-order valence-corrected chi connectivity index (χ0v) is 22.0. The molecule has 1 aliphatic heterocycles. The van der Waals surface area contributed by atoms with Crippen LogP contribution in [0.5, 0.6) is 11.5 Å². The van der Waals surface area contributed by atoms with Gasteiger partial charge in [-0.15, -0.1) is 0 Å². The Hall–Kier alpha value is -3.64. The SMILES string of the molecule is Cc1cc(C)cc(Oc2ccc(CCC(=O)O)c(C(=O)NC3(c4cc(C)cc(C)c4)CCOCC3)c2)c1. The van der Waals surface area contributed by atoms with E-state index in [-0.39, 0.29) is 18.7 Å². The molecule has 0 radical (unpaired) electrons. The largest absolute Gasteiger partial charge is 0.481 e. The highest BCUT2D eigenvalue weighted by Gasteiger charge is 2.37. The predicted octanol–water partition coefficient (Wildman–Crippen LogP) is 6.17. The summed E-state index contributed by atoms with van der Waals surface area (Å²) in [5.41, 5.74) is 6.05. The summed E-state index contributed by atoms with van der Waals surface area (Å²) < 4.78 is 11.8. The van der Waals surface area contributed by atoms with Crippen LogP contribution < -0.4 is 10.1 Å². The van der Waals surface area contributed by atoms with Crippen LogP contribution in [-0.2, 0) is 21.5 Å². The highest BCUT2D eigenvalue weighted by atomic mass is 16.5. The van der Waals surface area contributed by atoms with Gasteiger partial charge in [-0.2, -0.15) is 0 Å². The number of nitrogens with one attached hydrogen (secondary N) is 1. The van der Waals surface area contributed by atoms with Crippen molar-refractivity contribution >= 4 is 11.9 Å². The van der Waals surface area contributed by atoms with Crippen LogP contribution >= 0.6 is 0 Å². The lowest BCUT2D eigenvalue weighted by molar-refractivity contribution is -0.136. The molecule has 1 heterocycles. The average Bonchev–Trinajstić information content (AvgIpc) is 2.82. The number of carbonyl (C=O) groups excluding carboxylic acids is 1. The van der Waals surface area contributed by atoms with Gasteiger partial charge in [0.05, 0.1) is 5.54 Å². The Kier molecular flexibility index (Phi) is 7.98. The normalized spacial score (nSPS) is 14.7. The molecule has 37 heavy (non-hydrogen) atoms. The van der Waals surface area contributed by atoms with Crippen molar-refractivity contribution in [1.29, 1.82) is 0 Å². The molecule has 0 saturated carbocycles.